The molecule has 0 aliphatic rings. The van der Waals surface area contributed by atoms with E-state index >= 15 is 0 Å². The number of benzene rings is 6. The van der Waals surface area contributed by atoms with Gasteiger partial charge in [0.2, 0.25) is 0 Å². The van der Waals surface area contributed by atoms with Crippen LogP contribution in [-0.2, 0) is 0 Å². The highest BCUT2D eigenvalue weighted by Gasteiger charge is 2.22. The zero-order valence-electron chi connectivity index (χ0n) is 23.4. The lowest BCUT2D eigenvalue weighted by molar-refractivity contribution is 1.25. The smallest absolute Gasteiger partial charge is 0.175 e. The predicted octanol–water partition coefficient (Wildman–Crippen LogP) is 10.8. The second-order valence-electron chi connectivity index (χ2n) is 9.97. The fourth-order valence-corrected chi connectivity index (χ4v) is 6.02. The minimum absolute atomic E-state index is 0.702. The zero-order valence-corrected chi connectivity index (χ0v) is 24.2. The van der Waals surface area contributed by atoms with Crippen LogP contribution < -0.4 is 9.80 Å². The summed E-state index contributed by atoms with van der Waals surface area (Å²) >= 11 is 1.43. The normalized spacial score (nSPS) is 10.8. The topological polar surface area (TPSA) is 32.3 Å². The highest BCUT2D eigenvalue weighted by atomic mass is 32.1. The third-order valence-corrected chi connectivity index (χ3v) is 7.99. The number of para-hydroxylation sites is 6. The number of aromatic nitrogens is 2. The molecule has 6 aromatic carbocycles. The van der Waals surface area contributed by atoms with Gasteiger partial charge >= 0.3 is 0 Å². The second kappa shape index (κ2) is 12.1. The summed E-state index contributed by atoms with van der Waals surface area (Å²) in [6.45, 7) is 0. The van der Waals surface area contributed by atoms with Crippen LogP contribution in [0.2, 0.25) is 0 Å². The predicted molar refractivity (Wildman–Crippen MR) is 180 cm³/mol. The molecule has 0 aliphatic heterocycles. The molecule has 7 aromatic rings. The first-order valence-electron chi connectivity index (χ1n) is 14.2. The standard InChI is InChI=1S/C38H28N4S/c1-5-17-29(18-6-1)41(30-19-7-2-8-20-30)35-27-15-13-25-33(35)37-39-38(43-40-37)34-26-14-16-28-36(34)42(31-21-9-3-10-22-31)32-23-11-4-12-24-32/h1-28H. The highest BCUT2D eigenvalue weighted by Crippen LogP contribution is 2.43. The lowest BCUT2D eigenvalue weighted by atomic mass is 10.1. The molecule has 0 aliphatic carbocycles. The van der Waals surface area contributed by atoms with Crippen LogP contribution in [-0.4, -0.2) is 9.36 Å². The van der Waals surface area contributed by atoms with Gasteiger partial charge in [-0.1, -0.05) is 97.1 Å². The van der Waals surface area contributed by atoms with Crippen molar-refractivity contribution in [3.63, 3.8) is 0 Å². The molecule has 0 unspecified atom stereocenters. The van der Waals surface area contributed by atoms with E-state index in [4.69, 9.17) is 9.36 Å². The van der Waals surface area contributed by atoms with E-state index in [1.54, 1.807) is 0 Å². The van der Waals surface area contributed by atoms with Crippen molar-refractivity contribution in [3.8, 4) is 22.0 Å². The molecular formula is C38H28N4S. The Balaban J connectivity index is 1.34. The van der Waals surface area contributed by atoms with Gasteiger partial charge in [0, 0.05) is 33.9 Å². The summed E-state index contributed by atoms with van der Waals surface area (Å²) < 4.78 is 4.92. The van der Waals surface area contributed by atoms with Gasteiger partial charge in [-0.3, -0.25) is 0 Å². The Bertz CT molecular complexity index is 1700. The second-order valence-corrected chi connectivity index (χ2v) is 10.7. The van der Waals surface area contributed by atoms with Crippen molar-refractivity contribution in [1.82, 2.24) is 9.36 Å². The third-order valence-electron chi connectivity index (χ3n) is 7.24. The summed E-state index contributed by atoms with van der Waals surface area (Å²) in [5.74, 6) is 0.702. The van der Waals surface area contributed by atoms with Crippen LogP contribution in [0.3, 0.4) is 0 Å². The average Bonchev–Trinajstić information content (AvgIpc) is 3.58. The fourth-order valence-electron chi connectivity index (χ4n) is 5.31. The third kappa shape index (κ3) is 5.42. The van der Waals surface area contributed by atoms with Gasteiger partial charge in [-0.25, -0.2) is 4.98 Å². The first kappa shape index (κ1) is 26.4. The number of nitrogens with zero attached hydrogens (tertiary/aromatic N) is 4. The van der Waals surface area contributed by atoms with Crippen molar-refractivity contribution in [1.29, 1.82) is 0 Å². The van der Waals surface area contributed by atoms with Gasteiger partial charge in [0.1, 0.15) is 5.01 Å². The first-order chi connectivity index (χ1) is 21.4. The molecule has 43 heavy (non-hydrogen) atoms. The summed E-state index contributed by atoms with van der Waals surface area (Å²) in [5, 5.41) is 0.864. The van der Waals surface area contributed by atoms with Gasteiger partial charge < -0.3 is 9.80 Å². The molecule has 1 aromatic heterocycles. The zero-order chi connectivity index (χ0) is 28.8. The van der Waals surface area contributed by atoms with E-state index in [0.717, 1.165) is 50.3 Å². The van der Waals surface area contributed by atoms with E-state index in [1.165, 1.54) is 11.5 Å². The average molecular weight is 573 g/mol. The van der Waals surface area contributed by atoms with Crippen molar-refractivity contribution in [2.75, 3.05) is 9.80 Å². The summed E-state index contributed by atoms with van der Waals surface area (Å²) in [5.41, 5.74) is 8.37. The van der Waals surface area contributed by atoms with Crippen LogP contribution in [0.25, 0.3) is 22.0 Å². The molecule has 0 bridgehead atoms. The molecule has 4 nitrogen and oxygen atoms in total. The molecule has 206 valence electrons. The number of rotatable bonds is 8. The molecule has 0 saturated carbocycles. The Kier molecular flexibility index (Phi) is 7.45. The van der Waals surface area contributed by atoms with Gasteiger partial charge in [0.15, 0.2) is 5.82 Å². The van der Waals surface area contributed by atoms with Gasteiger partial charge in [0.05, 0.1) is 11.4 Å². The Morgan fingerprint density at radius 3 is 1.16 bits per heavy atom. The number of anilines is 6. The minimum Gasteiger partial charge on any atom is -0.310 e. The van der Waals surface area contributed by atoms with Crippen LogP contribution >= 0.6 is 11.5 Å². The molecule has 0 spiro atoms. The molecule has 0 saturated heterocycles. The van der Waals surface area contributed by atoms with E-state index in [-0.39, 0.29) is 0 Å². The molecule has 0 fully saturated rings. The summed E-state index contributed by atoms with van der Waals surface area (Å²) in [4.78, 5) is 9.70. The highest BCUT2D eigenvalue weighted by molar-refractivity contribution is 7.09. The van der Waals surface area contributed by atoms with Gasteiger partial charge in [-0.15, -0.1) is 0 Å². The van der Waals surface area contributed by atoms with E-state index in [2.05, 4.69) is 149 Å². The van der Waals surface area contributed by atoms with E-state index < -0.39 is 0 Å². The molecule has 7 rings (SSSR count). The summed E-state index contributed by atoms with van der Waals surface area (Å²) in [7, 11) is 0. The minimum atomic E-state index is 0.702. The van der Waals surface area contributed by atoms with Gasteiger partial charge in [-0.05, 0) is 84.3 Å². The lowest BCUT2D eigenvalue weighted by Gasteiger charge is -2.27. The molecule has 0 amide bonds. The van der Waals surface area contributed by atoms with Crippen molar-refractivity contribution < 1.29 is 0 Å². The molecular weight excluding hydrogens is 545 g/mol. The number of hydrogen-bond donors (Lipinski definition) is 0. The summed E-state index contributed by atoms with van der Waals surface area (Å²) in [6.07, 6.45) is 0. The lowest BCUT2D eigenvalue weighted by Crippen LogP contribution is -2.11. The van der Waals surface area contributed by atoms with E-state index in [1.807, 2.05) is 30.3 Å². The molecule has 0 N–H and O–H groups in total. The maximum atomic E-state index is 5.17. The van der Waals surface area contributed by atoms with Crippen LogP contribution in [0.5, 0.6) is 0 Å². The molecule has 0 atom stereocenters. The van der Waals surface area contributed by atoms with Crippen LogP contribution in [0.1, 0.15) is 0 Å². The summed E-state index contributed by atoms with van der Waals surface area (Å²) in [6, 6.07) is 58.5. The Morgan fingerprint density at radius 2 is 0.721 bits per heavy atom. The van der Waals surface area contributed by atoms with Crippen molar-refractivity contribution in [2.24, 2.45) is 0 Å². The molecule has 5 heteroatoms. The Morgan fingerprint density at radius 1 is 0.372 bits per heavy atom. The van der Waals surface area contributed by atoms with Crippen molar-refractivity contribution in [3.05, 3.63) is 170 Å². The maximum absolute atomic E-state index is 5.17. The number of hydrogen-bond acceptors (Lipinski definition) is 5. The van der Waals surface area contributed by atoms with Crippen LogP contribution in [0.15, 0.2) is 170 Å². The molecule has 1 heterocycles. The Hall–Kier alpha value is -5.52. The van der Waals surface area contributed by atoms with Crippen LogP contribution in [0, 0.1) is 0 Å². The maximum Gasteiger partial charge on any atom is 0.175 e. The fraction of sp³-hybridized carbons (Fsp3) is 0. The molecule has 0 radical (unpaired) electrons. The monoisotopic (exact) mass is 572 g/mol. The van der Waals surface area contributed by atoms with E-state index in [0.29, 0.717) is 5.82 Å². The Labute approximate surface area is 256 Å². The first-order valence-corrected chi connectivity index (χ1v) is 15.0. The van der Waals surface area contributed by atoms with Crippen molar-refractivity contribution >= 4 is 45.7 Å². The largest absolute Gasteiger partial charge is 0.310 e. The quantitative estimate of drug-likeness (QED) is 0.181. The van der Waals surface area contributed by atoms with E-state index in [9.17, 15) is 0 Å². The van der Waals surface area contributed by atoms with Gasteiger partial charge in [0.25, 0.3) is 0 Å². The van der Waals surface area contributed by atoms with Gasteiger partial charge in [-0.2, -0.15) is 4.37 Å². The SMILES string of the molecule is c1ccc(N(c2ccccc2)c2ccccc2-c2nsc(-c3ccccc3N(c3ccccc3)c3ccccc3)n2)cc1. The van der Waals surface area contributed by atoms with Crippen LogP contribution in [0.4, 0.5) is 34.1 Å². The van der Waals surface area contributed by atoms with Crippen molar-refractivity contribution in [2.45, 2.75) is 0 Å².